The van der Waals surface area contributed by atoms with E-state index in [4.69, 9.17) is 10.5 Å². The van der Waals surface area contributed by atoms with Crippen molar-refractivity contribution < 1.29 is 18.8 Å². The molecule has 0 aliphatic carbocycles. The number of nitrogens with two attached hydrogens (primary N) is 1. The van der Waals surface area contributed by atoms with Gasteiger partial charge in [0.25, 0.3) is 0 Å². The van der Waals surface area contributed by atoms with Gasteiger partial charge in [0, 0.05) is 12.6 Å². The van der Waals surface area contributed by atoms with Crippen molar-refractivity contribution in [2.24, 2.45) is 5.73 Å². The Hall–Kier alpha value is -1.86. The summed E-state index contributed by atoms with van der Waals surface area (Å²) in [6.45, 7) is 8.09. The Morgan fingerprint density at radius 1 is 1.35 bits per heavy atom. The van der Waals surface area contributed by atoms with Crippen LogP contribution in [0.5, 0.6) is 0 Å². The molecule has 3 atom stereocenters. The number of amides is 1. The first-order chi connectivity index (χ1) is 12.1. The topological polar surface area (TPSA) is 81.9 Å². The molecule has 1 heterocycles. The number of piperidine rings is 1. The van der Waals surface area contributed by atoms with Gasteiger partial charge in [0.1, 0.15) is 11.6 Å². The first kappa shape index (κ1) is 20.4. The second-order valence-electron chi connectivity index (χ2n) is 7.81. The minimum atomic E-state index is -0.810. The molecule has 3 unspecified atom stereocenters. The number of nitrogens with zero attached hydrogens (tertiary/aromatic N) is 1. The maximum absolute atomic E-state index is 12.2. The Kier molecular flexibility index (Phi) is 6.47. The molecule has 1 aliphatic heterocycles. The number of likely N-dealkylation sites (tertiary alicyclic amines) is 1. The highest BCUT2D eigenvalue weighted by Gasteiger charge is 2.30. The molecule has 6 nitrogen and oxygen atoms in total. The van der Waals surface area contributed by atoms with Gasteiger partial charge in [-0.25, -0.2) is 9.59 Å². The number of carbonyl (C=O) groups excluding carboxylic acids is 2. The molecule has 2 N–H and O–H groups in total. The lowest BCUT2D eigenvalue weighted by Gasteiger charge is -2.37. The van der Waals surface area contributed by atoms with E-state index in [0.29, 0.717) is 12.5 Å². The van der Waals surface area contributed by atoms with Crippen molar-refractivity contribution >= 4 is 22.5 Å². The largest absolute Gasteiger partial charge is 0.500 e. The van der Waals surface area contributed by atoms with Crippen molar-refractivity contribution in [2.45, 2.75) is 64.1 Å². The van der Waals surface area contributed by atoms with E-state index in [9.17, 15) is 9.59 Å². The normalized spacial score (nSPS) is 21.8. The van der Waals surface area contributed by atoms with Gasteiger partial charge in [0.05, 0.1) is 0 Å². The highest BCUT2D eigenvalue weighted by Crippen LogP contribution is 2.33. The molecule has 0 aromatic heterocycles. The molecule has 1 amide bonds. The minimum absolute atomic E-state index is 0.0702. The van der Waals surface area contributed by atoms with Gasteiger partial charge >= 0.3 is 22.5 Å². The van der Waals surface area contributed by atoms with Gasteiger partial charge in [0.15, 0.2) is 0 Å². The van der Waals surface area contributed by atoms with E-state index in [1.165, 1.54) is 0 Å². The van der Waals surface area contributed by atoms with E-state index in [2.05, 4.69) is 14.9 Å². The Morgan fingerprint density at radius 2 is 2.04 bits per heavy atom. The zero-order valence-corrected chi connectivity index (χ0v) is 16.8. The smallest absolute Gasteiger partial charge is 0.396 e. The van der Waals surface area contributed by atoms with E-state index in [0.717, 1.165) is 24.0 Å². The second kappa shape index (κ2) is 8.22. The fourth-order valence-corrected chi connectivity index (χ4v) is 3.43. The third-order valence-corrected chi connectivity index (χ3v) is 4.77. The molecule has 0 saturated carbocycles. The zero-order valence-electron chi connectivity index (χ0n) is 15.8. The molecule has 1 aliphatic rings. The van der Waals surface area contributed by atoms with Crippen LogP contribution >= 0.6 is 0 Å². The summed E-state index contributed by atoms with van der Waals surface area (Å²) in [5, 5.41) is 0. The fraction of sp³-hybridized carbons (Fsp3) is 0.579. The summed E-state index contributed by atoms with van der Waals surface area (Å²) < 4.78 is 10.0. The molecule has 141 valence electrons. The summed E-state index contributed by atoms with van der Waals surface area (Å²) in [5.41, 5.74) is 7.40. The Balaban J connectivity index is 2.10. The van der Waals surface area contributed by atoms with Crippen LogP contribution in [0.2, 0.25) is 0 Å². The minimum Gasteiger partial charge on any atom is -0.500 e. The monoisotopic (exact) mass is 375 g/mol. The number of esters is 1. The van der Waals surface area contributed by atoms with Crippen LogP contribution < -0.4 is 5.73 Å². The standard InChI is InChI=1S/C19H27N2O4Si/c1-12-10-14(8-9-21(12)18(23)25-26)13-6-5-7-15(11-13)16(20)17(22)24-19(2,3)4/h5-7,11-12,14,16H,8-10,20H2,1-4H3. The van der Waals surface area contributed by atoms with E-state index < -0.39 is 17.6 Å². The van der Waals surface area contributed by atoms with Gasteiger partial charge < -0.3 is 19.8 Å². The van der Waals surface area contributed by atoms with E-state index in [-0.39, 0.29) is 12.1 Å². The van der Waals surface area contributed by atoms with Crippen LogP contribution in [-0.4, -0.2) is 45.6 Å². The molecular formula is C19H27N2O4Si. The van der Waals surface area contributed by atoms with Crippen molar-refractivity contribution in [3.63, 3.8) is 0 Å². The van der Waals surface area contributed by atoms with Crippen LogP contribution in [0, 0.1) is 0 Å². The van der Waals surface area contributed by atoms with Gasteiger partial charge in [-0.2, -0.15) is 0 Å². The lowest BCUT2D eigenvalue weighted by molar-refractivity contribution is -0.156. The third kappa shape index (κ3) is 5.08. The lowest BCUT2D eigenvalue weighted by Crippen LogP contribution is -2.44. The first-order valence-electron chi connectivity index (χ1n) is 8.85. The van der Waals surface area contributed by atoms with Crippen LogP contribution in [0.25, 0.3) is 0 Å². The number of hydrogen-bond acceptors (Lipinski definition) is 5. The fourth-order valence-electron chi connectivity index (χ4n) is 3.31. The Labute approximate surface area is 158 Å². The van der Waals surface area contributed by atoms with Crippen LogP contribution in [0.4, 0.5) is 4.79 Å². The molecule has 1 aromatic rings. The first-order valence-corrected chi connectivity index (χ1v) is 9.25. The Morgan fingerprint density at radius 3 is 2.62 bits per heavy atom. The molecule has 26 heavy (non-hydrogen) atoms. The van der Waals surface area contributed by atoms with Crippen molar-refractivity contribution in [1.29, 1.82) is 0 Å². The molecule has 0 bridgehead atoms. The van der Waals surface area contributed by atoms with E-state index in [1.807, 2.05) is 52.0 Å². The van der Waals surface area contributed by atoms with Crippen LogP contribution in [0.1, 0.15) is 63.6 Å². The SMILES string of the molecule is CC1CC(c2cccc(C(N)C(=O)OC(C)(C)C)c2)CCN1C(=O)O[Si]. The number of hydrogen-bond donors (Lipinski definition) is 1. The van der Waals surface area contributed by atoms with E-state index in [1.54, 1.807) is 4.90 Å². The third-order valence-electron chi connectivity index (χ3n) is 4.60. The summed E-state index contributed by atoms with van der Waals surface area (Å²) in [5.74, 6) is -0.132. The molecular weight excluding hydrogens is 348 g/mol. The van der Waals surface area contributed by atoms with Gasteiger partial charge in [-0.1, -0.05) is 24.3 Å². The predicted octanol–water partition coefficient (Wildman–Crippen LogP) is 2.82. The van der Waals surface area contributed by atoms with Crippen molar-refractivity contribution in [1.82, 2.24) is 4.90 Å². The molecule has 0 spiro atoms. The highest BCUT2D eigenvalue weighted by atomic mass is 28.2. The number of rotatable bonds is 3. The summed E-state index contributed by atoms with van der Waals surface area (Å²) in [6.07, 6.45) is 1.29. The van der Waals surface area contributed by atoms with Gasteiger partial charge in [-0.05, 0) is 57.6 Å². The summed E-state index contributed by atoms with van der Waals surface area (Å²) in [6, 6.07) is 7.04. The number of ether oxygens (including phenoxy) is 1. The number of benzene rings is 1. The second-order valence-corrected chi connectivity index (χ2v) is 8.02. The van der Waals surface area contributed by atoms with Gasteiger partial charge in [-0.3, -0.25) is 0 Å². The van der Waals surface area contributed by atoms with Crippen molar-refractivity contribution in [3.05, 3.63) is 35.4 Å². The maximum atomic E-state index is 12.2. The van der Waals surface area contributed by atoms with Crippen LogP contribution in [0.15, 0.2) is 24.3 Å². The zero-order chi connectivity index (χ0) is 19.5. The Bertz CT molecular complexity index is 659. The molecule has 3 radical (unpaired) electrons. The van der Waals surface area contributed by atoms with Crippen molar-refractivity contribution in [3.8, 4) is 0 Å². The quantitative estimate of drug-likeness (QED) is 0.649. The van der Waals surface area contributed by atoms with E-state index >= 15 is 0 Å². The average Bonchev–Trinajstić information content (AvgIpc) is 2.59. The molecule has 1 saturated heterocycles. The molecule has 1 aromatic carbocycles. The van der Waals surface area contributed by atoms with Crippen molar-refractivity contribution in [2.75, 3.05) is 6.54 Å². The molecule has 1 fully saturated rings. The summed E-state index contributed by atoms with van der Waals surface area (Å²) in [7, 11) is 2.80. The molecule has 2 rings (SSSR count). The number of carbonyl (C=O) groups is 2. The summed E-state index contributed by atoms with van der Waals surface area (Å²) in [4.78, 5) is 25.7. The predicted molar refractivity (Wildman–Crippen MR) is 99.6 cm³/mol. The van der Waals surface area contributed by atoms with Gasteiger partial charge in [0.2, 0.25) is 0 Å². The molecule has 7 heteroatoms. The van der Waals surface area contributed by atoms with Crippen LogP contribution in [0.3, 0.4) is 0 Å². The average molecular weight is 376 g/mol. The lowest BCUT2D eigenvalue weighted by atomic mass is 9.85. The summed E-state index contributed by atoms with van der Waals surface area (Å²) >= 11 is 0. The highest BCUT2D eigenvalue weighted by molar-refractivity contribution is 6.05. The maximum Gasteiger partial charge on any atom is 0.396 e. The van der Waals surface area contributed by atoms with Crippen LogP contribution in [-0.2, 0) is 14.0 Å². The van der Waals surface area contributed by atoms with Gasteiger partial charge in [-0.15, -0.1) is 0 Å².